The second kappa shape index (κ2) is 5.80. The molecule has 0 aliphatic heterocycles. The van der Waals surface area contributed by atoms with Crippen LogP contribution >= 0.6 is 0 Å². The predicted molar refractivity (Wildman–Crippen MR) is 48.4 cm³/mol. The second-order valence-corrected chi connectivity index (χ2v) is 3.37. The van der Waals surface area contributed by atoms with Gasteiger partial charge >= 0.3 is 6.09 Å². The van der Waals surface area contributed by atoms with Crippen molar-refractivity contribution in [3.8, 4) is 0 Å². The zero-order valence-electron chi connectivity index (χ0n) is 7.79. The third kappa shape index (κ3) is 5.47. The van der Waals surface area contributed by atoms with Gasteiger partial charge in [0.25, 0.3) is 0 Å². The van der Waals surface area contributed by atoms with Crippen molar-refractivity contribution in [2.75, 3.05) is 19.8 Å². The zero-order chi connectivity index (χ0) is 9.52. The molecule has 0 atom stereocenters. The van der Waals surface area contributed by atoms with Gasteiger partial charge in [-0.2, -0.15) is 0 Å². The summed E-state index contributed by atoms with van der Waals surface area (Å²) in [6.07, 6.45) is 4.52. The number of alkyl carbamates (subject to hydrolysis) is 1. The van der Waals surface area contributed by atoms with Crippen molar-refractivity contribution in [2.45, 2.75) is 25.7 Å². The molecule has 1 aliphatic rings. The quantitative estimate of drug-likeness (QED) is 0.607. The third-order valence-electron chi connectivity index (χ3n) is 2.08. The van der Waals surface area contributed by atoms with Crippen LogP contribution in [0.4, 0.5) is 4.79 Å². The maximum Gasteiger partial charge on any atom is 0.407 e. The molecule has 4 nitrogen and oxygen atoms in total. The summed E-state index contributed by atoms with van der Waals surface area (Å²) in [5, 5.41) is 11.0. The van der Waals surface area contributed by atoms with Crippen molar-refractivity contribution in [3.63, 3.8) is 0 Å². The fraction of sp³-hybridized carbons (Fsp3) is 0.889. The van der Waals surface area contributed by atoms with Crippen molar-refractivity contribution >= 4 is 6.09 Å². The molecule has 0 saturated heterocycles. The van der Waals surface area contributed by atoms with E-state index in [2.05, 4.69) is 10.1 Å². The van der Waals surface area contributed by atoms with E-state index in [4.69, 9.17) is 5.11 Å². The Morgan fingerprint density at radius 3 is 2.92 bits per heavy atom. The molecule has 1 rings (SSSR count). The number of nitrogens with one attached hydrogen (secondary N) is 1. The van der Waals surface area contributed by atoms with Crippen LogP contribution in [0.3, 0.4) is 0 Å². The van der Waals surface area contributed by atoms with E-state index in [0.29, 0.717) is 6.54 Å². The van der Waals surface area contributed by atoms with Crippen LogP contribution in [0.15, 0.2) is 0 Å². The van der Waals surface area contributed by atoms with Crippen LogP contribution in [0.1, 0.15) is 25.7 Å². The molecule has 1 fully saturated rings. The van der Waals surface area contributed by atoms with E-state index < -0.39 is 6.09 Å². The molecule has 76 valence electrons. The summed E-state index contributed by atoms with van der Waals surface area (Å²) >= 11 is 0. The van der Waals surface area contributed by atoms with Gasteiger partial charge in [0.05, 0.1) is 6.61 Å². The maximum absolute atomic E-state index is 10.8. The summed E-state index contributed by atoms with van der Waals surface area (Å²) in [5.41, 5.74) is 0. The molecular formula is C9H17NO3. The first-order valence-corrected chi connectivity index (χ1v) is 4.84. The highest BCUT2D eigenvalue weighted by atomic mass is 16.6. The van der Waals surface area contributed by atoms with Gasteiger partial charge in [-0.05, 0) is 18.8 Å². The molecule has 0 aromatic heterocycles. The molecule has 0 bridgehead atoms. The number of aliphatic hydroxyl groups is 1. The smallest absolute Gasteiger partial charge is 0.407 e. The van der Waals surface area contributed by atoms with Gasteiger partial charge in [0, 0.05) is 6.54 Å². The van der Waals surface area contributed by atoms with E-state index in [-0.39, 0.29) is 13.2 Å². The van der Waals surface area contributed by atoms with Gasteiger partial charge < -0.3 is 15.2 Å². The number of carbonyl (C=O) groups excluding carboxylic acids is 1. The Kier molecular flexibility index (Phi) is 4.60. The Hall–Kier alpha value is -0.770. The van der Waals surface area contributed by atoms with Crippen LogP contribution in [0, 0.1) is 5.92 Å². The van der Waals surface area contributed by atoms with Gasteiger partial charge in [0.15, 0.2) is 0 Å². The molecule has 1 aliphatic carbocycles. The van der Waals surface area contributed by atoms with Crippen LogP contribution in [0.25, 0.3) is 0 Å². The number of aliphatic hydroxyl groups excluding tert-OH is 1. The molecular weight excluding hydrogens is 170 g/mol. The number of carbonyl (C=O) groups is 1. The summed E-state index contributed by atoms with van der Waals surface area (Å²) < 4.78 is 4.61. The third-order valence-corrected chi connectivity index (χ3v) is 2.08. The van der Waals surface area contributed by atoms with E-state index in [0.717, 1.165) is 12.3 Å². The molecule has 1 amide bonds. The summed E-state index contributed by atoms with van der Waals surface area (Å²) in [6.45, 7) is 0.644. The van der Waals surface area contributed by atoms with Gasteiger partial charge in [0.1, 0.15) is 6.61 Å². The second-order valence-electron chi connectivity index (χ2n) is 3.37. The van der Waals surface area contributed by atoms with E-state index in [1.165, 1.54) is 19.3 Å². The van der Waals surface area contributed by atoms with Gasteiger partial charge in [-0.25, -0.2) is 4.79 Å². The molecule has 4 heteroatoms. The Morgan fingerprint density at radius 1 is 1.54 bits per heavy atom. The van der Waals surface area contributed by atoms with E-state index >= 15 is 0 Å². The lowest BCUT2D eigenvalue weighted by Gasteiger charge is -2.04. The minimum Gasteiger partial charge on any atom is -0.447 e. The highest BCUT2D eigenvalue weighted by Crippen LogP contribution is 2.33. The SMILES string of the molecule is O=C(NCCCC1CC1)OCCO. The normalized spacial score (nSPS) is 15.5. The van der Waals surface area contributed by atoms with E-state index in [1.54, 1.807) is 0 Å². The van der Waals surface area contributed by atoms with Gasteiger partial charge in [-0.15, -0.1) is 0 Å². The first-order chi connectivity index (χ1) is 6.33. The summed E-state index contributed by atoms with van der Waals surface area (Å²) in [5.74, 6) is 0.912. The number of rotatable bonds is 6. The van der Waals surface area contributed by atoms with Crippen LogP contribution in [-0.4, -0.2) is 31.0 Å². The fourth-order valence-electron chi connectivity index (χ4n) is 1.18. The van der Waals surface area contributed by atoms with Gasteiger partial charge in [-0.3, -0.25) is 0 Å². The molecule has 0 unspecified atom stereocenters. The van der Waals surface area contributed by atoms with E-state index in [9.17, 15) is 4.79 Å². The molecule has 1 saturated carbocycles. The Morgan fingerprint density at radius 2 is 2.31 bits per heavy atom. The Bertz CT molecular complexity index is 157. The van der Waals surface area contributed by atoms with E-state index in [1.807, 2.05) is 0 Å². The topological polar surface area (TPSA) is 58.6 Å². The van der Waals surface area contributed by atoms with Gasteiger partial charge in [0.2, 0.25) is 0 Å². The maximum atomic E-state index is 10.8. The molecule has 2 N–H and O–H groups in total. The zero-order valence-corrected chi connectivity index (χ0v) is 7.79. The lowest BCUT2D eigenvalue weighted by Crippen LogP contribution is -2.26. The minimum atomic E-state index is -0.426. The lowest BCUT2D eigenvalue weighted by atomic mass is 10.2. The fourth-order valence-corrected chi connectivity index (χ4v) is 1.18. The van der Waals surface area contributed by atoms with Crippen molar-refractivity contribution in [1.29, 1.82) is 0 Å². The monoisotopic (exact) mass is 187 g/mol. The predicted octanol–water partition coefficient (Wildman–Crippen LogP) is 0.895. The summed E-state index contributed by atoms with van der Waals surface area (Å²) in [4.78, 5) is 10.8. The average molecular weight is 187 g/mol. The molecule has 0 heterocycles. The summed E-state index contributed by atoms with van der Waals surface area (Å²) in [6, 6.07) is 0. The molecule has 13 heavy (non-hydrogen) atoms. The van der Waals surface area contributed by atoms with Crippen molar-refractivity contribution < 1.29 is 14.6 Å². The lowest BCUT2D eigenvalue weighted by molar-refractivity contribution is 0.119. The van der Waals surface area contributed by atoms with Crippen molar-refractivity contribution in [1.82, 2.24) is 5.32 Å². The minimum absolute atomic E-state index is 0.0778. The van der Waals surface area contributed by atoms with Crippen molar-refractivity contribution in [3.05, 3.63) is 0 Å². The molecule has 0 radical (unpaired) electrons. The average Bonchev–Trinajstić information content (AvgIpc) is 2.92. The summed E-state index contributed by atoms with van der Waals surface area (Å²) in [7, 11) is 0. The molecule has 0 spiro atoms. The number of hydrogen-bond acceptors (Lipinski definition) is 3. The standard InChI is InChI=1S/C9H17NO3/c11-6-7-13-9(12)10-5-1-2-8-3-4-8/h8,11H,1-7H2,(H,10,12). The first-order valence-electron chi connectivity index (χ1n) is 4.84. The number of hydrogen-bond donors (Lipinski definition) is 2. The largest absolute Gasteiger partial charge is 0.447 e. The highest BCUT2D eigenvalue weighted by molar-refractivity contribution is 5.66. The Labute approximate surface area is 78.3 Å². The molecule has 0 aromatic carbocycles. The van der Waals surface area contributed by atoms with Crippen LogP contribution in [0.2, 0.25) is 0 Å². The first kappa shape index (κ1) is 10.3. The highest BCUT2D eigenvalue weighted by Gasteiger charge is 2.20. The van der Waals surface area contributed by atoms with Crippen molar-refractivity contribution in [2.24, 2.45) is 5.92 Å². The number of amides is 1. The van der Waals surface area contributed by atoms with Crippen LogP contribution < -0.4 is 5.32 Å². The van der Waals surface area contributed by atoms with Crippen LogP contribution in [0.5, 0.6) is 0 Å². The van der Waals surface area contributed by atoms with Crippen LogP contribution in [-0.2, 0) is 4.74 Å². The number of ether oxygens (including phenoxy) is 1. The Balaban J connectivity index is 1.82. The molecule has 0 aromatic rings. The van der Waals surface area contributed by atoms with Gasteiger partial charge in [-0.1, -0.05) is 12.8 Å².